The smallest absolute Gasteiger partial charge is 0.273 e. The number of hydrogen-bond donors (Lipinski definition) is 1. The minimum atomic E-state index is -2.31. The van der Waals surface area contributed by atoms with E-state index < -0.39 is 40.7 Å². The highest BCUT2D eigenvalue weighted by Crippen LogP contribution is 2.27. The molecule has 1 amide bonds. The number of amides is 1. The molecule has 9 heteroatoms. The minimum Gasteiger partial charge on any atom is -0.392 e. The second-order valence-electron chi connectivity index (χ2n) is 4.40. The zero-order chi connectivity index (χ0) is 17.0. The van der Waals surface area contributed by atoms with E-state index in [-0.39, 0.29) is 11.8 Å². The molecule has 1 atom stereocenters. The number of benzene rings is 1. The van der Waals surface area contributed by atoms with Crippen LogP contribution in [-0.4, -0.2) is 17.7 Å². The lowest BCUT2D eigenvalue weighted by Gasteiger charge is -2.10. The van der Waals surface area contributed by atoms with Crippen molar-refractivity contribution in [2.45, 2.75) is 33.3 Å². The summed E-state index contributed by atoms with van der Waals surface area (Å²) in [6, 6.07) is 0. The van der Waals surface area contributed by atoms with Crippen molar-refractivity contribution in [3.8, 4) is 0 Å². The molecule has 0 aliphatic rings. The van der Waals surface area contributed by atoms with Crippen molar-refractivity contribution in [1.82, 2.24) is 0 Å². The summed E-state index contributed by atoms with van der Waals surface area (Å²) in [5.74, 6) is -12.1. The Bertz CT molecular complexity index is 590. The van der Waals surface area contributed by atoms with E-state index in [1.54, 1.807) is 19.2 Å². The van der Waals surface area contributed by atoms with Gasteiger partial charge in [0, 0.05) is 0 Å². The van der Waals surface area contributed by atoms with Crippen LogP contribution >= 0.6 is 0 Å². The van der Waals surface area contributed by atoms with Crippen LogP contribution in [0.15, 0.2) is 5.16 Å². The molecule has 0 aliphatic carbocycles. The molecular formula is C13H13F5N2O2. The minimum absolute atomic E-state index is 0.308. The number of rotatable bonds is 5. The molecule has 1 aromatic rings. The van der Waals surface area contributed by atoms with Crippen molar-refractivity contribution in [1.29, 1.82) is 0 Å². The first kappa shape index (κ1) is 17.9. The van der Waals surface area contributed by atoms with Crippen LogP contribution in [0.5, 0.6) is 0 Å². The Hall–Kier alpha value is -2.19. The monoisotopic (exact) mass is 324 g/mol. The lowest BCUT2D eigenvalue weighted by Crippen LogP contribution is -2.23. The van der Waals surface area contributed by atoms with Gasteiger partial charge >= 0.3 is 0 Å². The SMILES string of the molecule is CCC(C)O/N=C(/C)C(=O)Nc1c(F)c(F)c(F)c(F)c1F. The summed E-state index contributed by atoms with van der Waals surface area (Å²) in [4.78, 5) is 16.5. The quantitative estimate of drug-likeness (QED) is 0.296. The van der Waals surface area contributed by atoms with E-state index in [0.29, 0.717) is 6.42 Å². The third-order valence-corrected chi connectivity index (χ3v) is 2.72. The van der Waals surface area contributed by atoms with Gasteiger partial charge in [-0.05, 0) is 20.3 Å². The largest absolute Gasteiger partial charge is 0.392 e. The molecule has 0 saturated heterocycles. The molecular weight excluding hydrogens is 311 g/mol. The van der Waals surface area contributed by atoms with Gasteiger partial charge in [-0.3, -0.25) is 4.79 Å². The summed E-state index contributed by atoms with van der Waals surface area (Å²) < 4.78 is 65.6. The Morgan fingerprint density at radius 1 is 1.09 bits per heavy atom. The second-order valence-corrected chi connectivity index (χ2v) is 4.40. The third kappa shape index (κ3) is 3.71. The number of halogens is 5. The van der Waals surface area contributed by atoms with Crippen molar-refractivity contribution in [3.05, 3.63) is 29.1 Å². The Balaban J connectivity index is 3.03. The lowest BCUT2D eigenvalue weighted by molar-refractivity contribution is -0.110. The van der Waals surface area contributed by atoms with E-state index in [4.69, 9.17) is 4.84 Å². The summed E-state index contributed by atoms with van der Waals surface area (Å²) >= 11 is 0. The van der Waals surface area contributed by atoms with E-state index in [0.717, 1.165) is 6.92 Å². The van der Waals surface area contributed by atoms with Gasteiger partial charge in [0.05, 0.1) is 0 Å². The fourth-order valence-electron chi connectivity index (χ4n) is 1.20. The number of carbonyl (C=O) groups is 1. The van der Waals surface area contributed by atoms with Crippen molar-refractivity contribution >= 4 is 17.3 Å². The predicted octanol–water partition coefficient (Wildman–Crippen LogP) is 3.51. The van der Waals surface area contributed by atoms with Gasteiger partial charge < -0.3 is 10.2 Å². The van der Waals surface area contributed by atoms with Gasteiger partial charge in [-0.1, -0.05) is 12.1 Å². The Kier molecular flexibility index (Phi) is 5.84. The molecule has 1 N–H and O–H groups in total. The Labute approximate surface area is 122 Å². The van der Waals surface area contributed by atoms with E-state index in [9.17, 15) is 26.7 Å². The fourth-order valence-corrected chi connectivity index (χ4v) is 1.20. The molecule has 1 rings (SSSR count). The average molecular weight is 324 g/mol. The normalized spacial score (nSPS) is 13.0. The van der Waals surface area contributed by atoms with Crippen molar-refractivity contribution < 1.29 is 31.6 Å². The van der Waals surface area contributed by atoms with Crippen LogP contribution in [0.2, 0.25) is 0 Å². The van der Waals surface area contributed by atoms with Gasteiger partial charge in [0.1, 0.15) is 17.5 Å². The number of oxime groups is 1. The molecule has 122 valence electrons. The molecule has 0 aromatic heterocycles. The predicted molar refractivity (Wildman–Crippen MR) is 68.8 cm³/mol. The van der Waals surface area contributed by atoms with Crippen LogP contribution in [0.1, 0.15) is 27.2 Å². The fraction of sp³-hybridized carbons (Fsp3) is 0.385. The molecule has 0 fully saturated rings. The molecule has 0 heterocycles. The van der Waals surface area contributed by atoms with Gasteiger partial charge in [-0.25, -0.2) is 22.0 Å². The maximum absolute atomic E-state index is 13.4. The molecule has 0 bridgehead atoms. The number of hydrogen-bond acceptors (Lipinski definition) is 3. The van der Waals surface area contributed by atoms with Crippen LogP contribution in [0.4, 0.5) is 27.6 Å². The first-order chi connectivity index (χ1) is 10.2. The van der Waals surface area contributed by atoms with Gasteiger partial charge in [0.15, 0.2) is 23.3 Å². The van der Waals surface area contributed by atoms with Gasteiger partial charge in [-0.15, -0.1) is 0 Å². The molecule has 4 nitrogen and oxygen atoms in total. The molecule has 0 aliphatic heterocycles. The van der Waals surface area contributed by atoms with Crippen LogP contribution in [0.3, 0.4) is 0 Å². The number of carbonyl (C=O) groups excluding carboxylic acids is 1. The van der Waals surface area contributed by atoms with Crippen molar-refractivity contribution in [2.24, 2.45) is 5.16 Å². The molecule has 22 heavy (non-hydrogen) atoms. The van der Waals surface area contributed by atoms with Gasteiger partial charge in [0.2, 0.25) is 5.82 Å². The van der Waals surface area contributed by atoms with Crippen molar-refractivity contribution in [3.63, 3.8) is 0 Å². The highest BCUT2D eigenvalue weighted by atomic mass is 19.2. The maximum Gasteiger partial charge on any atom is 0.273 e. The zero-order valence-corrected chi connectivity index (χ0v) is 11.9. The molecule has 1 aromatic carbocycles. The summed E-state index contributed by atoms with van der Waals surface area (Å²) in [6.07, 6.45) is 0.285. The molecule has 0 radical (unpaired) electrons. The number of nitrogens with zero attached hydrogens (tertiary/aromatic N) is 1. The lowest BCUT2D eigenvalue weighted by atomic mass is 10.2. The summed E-state index contributed by atoms with van der Waals surface area (Å²) in [5.41, 5.74) is -1.79. The highest BCUT2D eigenvalue weighted by molar-refractivity contribution is 6.42. The van der Waals surface area contributed by atoms with Crippen LogP contribution < -0.4 is 5.32 Å². The standard InChI is InChI=1S/C13H13F5N2O2/c1-4-5(2)22-20-6(3)13(21)19-12-10(17)8(15)7(14)9(16)11(12)18/h5H,4H2,1-3H3,(H,19,21)/b20-6-. The van der Waals surface area contributed by atoms with E-state index >= 15 is 0 Å². The van der Waals surface area contributed by atoms with Gasteiger partial charge in [0.25, 0.3) is 5.91 Å². The van der Waals surface area contributed by atoms with E-state index in [2.05, 4.69) is 5.16 Å². The average Bonchev–Trinajstić information content (AvgIpc) is 2.52. The van der Waals surface area contributed by atoms with E-state index in [1.165, 1.54) is 0 Å². The van der Waals surface area contributed by atoms with Gasteiger partial charge in [-0.2, -0.15) is 0 Å². The topological polar surface area (TPSA) is 50.7 Å². The van der Waals surface area contributed by atoms with Crippen molar-refractivity contribution in [2.75, 3.05) is 5.32 Å². The molecule has 1 unspecified atom stereocenters. The molecule has 0 spiro atoms. The maximum atomic E-state index is 13.4. The molecule has 0 saturated carbocycles. The summed E-state index contributed by atoms with van der Waals surface area (Å²) in [7, 11) is 0. The second kappa shape index (κ2) is 7.19. The first-order valence-corrected chi connectivity index (χ1v) is 6.23. The first-order valence-electron chi connectivity index (χ1n) is 6.23. The number of nitrogens with one attached hydrogen (secondary N) is 1. The van der Waals surface area contributed by atoms with E-state index in [1.807, 2.05) is 0 Å². The number of anilines is 1. The zero-order valence-electron chi connectivity index (χ0n) is 11.9. The Morgan fingerprint density at radius 3 is 2.00 bits per heavy atom. The van der Waals surface area contributed by atoms with Crippen LogP contribution in [0, 0.1) is 29.1 Å². The van der Waals surface area contributed by atoms with Crippen LogP contribution in [-0.2, 0) is 9.63 Å². The van der Waals surface area contributed by atoms with Crippen LogP contribution in [0.25, 0.3) is 0 Å². The summed E-state index contributed by atoms with van der Waals surface area (Å²) in [5, 5.41) is 4.99. The summed E-state index contributed by atoms with van der Waals surface area (Å²) in [6.45, 7) is 4.62. The third-order valence-electron chi connectivity index (χ3n) is 2.72. The Morgan fingerprint density at radius 2 is 1.55 bits per heavy atom. The highest BCUT2D eigenvalue weighted by Gasteiger charge is 2.27.